The molecular weight excluding hydrogens is 290 g/mol. The number of rotatable bonds is 10. The largest absolute Gasteiger partial charge is 0.344 e. The van der Waals surface area contributed by atoms with Crippen LogP contribution in [0.2, 0.25) is 0 Å². The Kier molecular flexibility index (Phi) is 7.62. The van der Waals surface area contributed by atoms with Gasteiger partial charge in [-0.15, -0.1) is 0 Å². The Balaban J connectivity index is 2.56. The van der Waals surface area contributed by atoms with Crippen molar-refractivity contribution in [1.29, 1.82) is 0 Å². The maximum absolute atomic E-state index is 2.68. The maximum atomic E-state index is 2.68. The van der Waals surface area contributed by atoms with Crippen molar-refractivity contribution in [3.63, 3.8) is 0 Å². The van der Waals surface area contributed by atoms with E-state index < -0.39 is 0 Å². The predicted molar refractivity (Wildman–Crippen MR) is 106 cm³/mol. The van der Waals surface area contributed by atoms with Gasteiger partial charge in [-0.3, -0.25) is 0 Å². The SMILES string of the molecule is CCCc1c(CCC)c(CCC)n(Cc2ccccc2)c1CCC. The topological polar surface area (TPSA) is 4.93 Å². The average Bonchev–Trinajstić information content (AvgIpc) is 2.84. The highest BCUT2D eigenvalue weighted by Gasteiger charge is 2.20. The molecule has 0 aliphatic heterocycles. The van der Waals surface area contributed by atoms with Gasteiger partial charge in [-0.2, -0.15) is 0 Å². The average molecular weight is 326 g/mol. The van der Waals surface area contributed by atoms with E-state index in [4.69, 9.17) is 0 Å². The molecule has 132 valence electrons. The standard InChI is InChI=1S/C23H35N/c1-5-12-20-21(13-6-2)23(15-8-4)24(22(20)14-7-3)18-19-16-10-9-11-17-19/h9-11,16-17H,5-8,12-15,18H2,1-4H3. The van der Waals surface area contributed by atoms with Crippen LogP contribution in [-0.4, -0.2) is 4.57 Å². The third kappa shape index (κ3) is 4.32. The Hall–Kier alpha value is -1.50. The molecule has 1 heteroatoms. The van der Waals surface area contributed by atoms with Gasteiger partial charge in [0.15, 0.2) is 0 Å². The molecule has 0 radical (unpaired) electrons. The van der Waals surface area contributed by atoms with Gasteiger partial charge in [0.05, 0.1) is 0 Å². The van der Waals surface area contributed by atoms with E-state index in [0.29, 0.717) is 0 Å². The Morgan fingerprint density at radius 1 is 0.625 bits per heavy atom. The zero-order valence-corrected chi connectivity index (χ0v) is 16.2. The van der Waals surface area contributed by atoms with Gasteiger partial charge in [-0.05, 0) is 42.4 Å². The van der Waals surface area contributed by atoms with Gasteiger partial charge in [-0.25, -0.2) is 0 Å². The van der Waals surface area contributed by atoms with Gasteiger partial charge in [0.1, 0.15) is 0 Å². The van der Waals surface area contributed by atoms with Crippen LogP contribution in [0.4, 0.5) is 0 Å². The molecule has 2 rings (SSSR count). The van der Waals surface area contributed by atoms with Crippen molar-refractivity contribution in [3.8, 4) is 0 Å². The van der Waals surface area contributed by atoms with Crippen molar-refractivity contribution in [2.75, 3.05) is 0 Å². The Morgan fingerprint density at radius 2 is 1.08 bits per heavy atom. The molecule has 0 aliphatic rings. The summed E-state index contributed by atoms with van der Waals surface area (Å²) in [4.78, 5) is 0. The van der Waals surface area contributed by atoms with Gasteiger partial charge in [-0.1, -0.05) is 83.7 Å². The first-order valence-corrected chi connectivity index (χ1v) is 10.0. The van der Waals surface area contributed by atoms with Crippen molar-refractivity contribution in [2.45, 2.75) is 85.6 Å². The molecule has 1 aromatic heterocycles. The summed E-state index contributed by atoms with van der Waals surface area (Å²) >= 11 is 0. The summed E-state index contributed by atoms with van der Waals surface area (Å²) in [7, 11) is 0. The lowest BCUT2D eigenvalue weighted by Gasteiger charge is -2.14. The van der Waals surface area contributed by atoms with Crippen LogP contribution in [0.1, 0.15) is 81.5 Å². The third-order valence-corrected chi connectivity index (χ3v) is 4.87. The molecule has 0 unspecified atom stereocenters. The van der Waals surface area contributed by atoms with Gasteiger partial charge in [0.2, 0.25) is 0 Å². The molecule has 0 N–H and O–H groups in total. The highest BCUT2D eigenvalue weighted by molar-refractivity contribution is 5.40. The van der Waals surface area contributed by atoms with E-state index in [9.17, 15) is 0 Å². The molecule has 0 saturated carbocycles. The lowest BCUT2D eigenvalue weighted by atomic mass is 9.97. The summed E-state index contributed by atoms with van der Waals surface area (Å²) in [5, 5.41) is 0. The van der Waals surface area contributed by atoms with E-state index in [0.717, 1.165) is 6.54 Å². The molecule has 0 amide bonds. The molecule has 0 bridgehead atoms. The van der Waals surface area contributed by atoms with Crippen LogP contribution in [0.15, 0.2) is 30.3 Å². The quantitative estimate of drug-likeness (QED) is 0.480. The normalized spacial score (nSPS) is 11.2. The smallest absolute Gasteiger partial charge is 0.0475 e. The summed E-state index contributed by atoms with van der Waals surface area (Å²) < 4.78 is 2.68. The van der Waals surface area contributed by atoms with Crippen LogP contribution in [0.3, 0.4) is 0 Å². The van der Waals surface area contributed by atoms with Gasteiger partial charge in [0.25, 0.3) is 0 Å². The highest BCUT2D eigenvalue weighted by atomic mass is 15.0. The molecule has 0 aliphatic carbocycles. The summed E-state index contributed by atoms with van der Waals surface area (Å²) in [5.74, 6) is 0. The van der Waals surface area contributed by atoms with Gasteiger partial charge in [0, 0.05) is 17.9 Å². The third-order valence-electron chi connectivity index (χ3n) is 4.87. The summed E-state index contributed by atoms with van der Waals surface area (Å²) in [5.41, 5.74) is 8.03. The minimum Gasteiger partial charge on any atom is -0.344 e. The van der Waals surface area contributed by atoms with Gasteiger partial charge >= 0.3 is 0 Å². The van der Waals surface area contributed by atoms with Crippen molar-refractivity contribution in [3.05, 3.63) is 58.4 Å². The lowest BCUT2D eigenvalue weighted by molar-refractivity contribution is 0.668. The zero-order valence-electron chi connectivity index (χ0n) is 16.2. The predicted octanol–water partition coefficient (Wildman–Crippen LogP) is 6.35. The number of nitrogens with zero attached hydrogens (tertiary/aromatic N) is 1. The molecule has 1 heterocycles. The summed E-state index contributed by atoms with van der Waals surface area (Å²) in [6.45, 7) is 10.3. The second-order valence-corrected chi connectivity index (χ2v) is 6.92. The zero-order chi connectivity index (χ0) is 17.4. The first-order chi connectivity index (χ1) is 11.8. The van der Waals surface area contributed by atoms with Crippen molar-refractivity contribution in [1.82, 2.24) is 4.57 Å². The second kappa shape index (κ2) is 9.71. The minimum atomic E-state index is 1.03. The first kappa shape index (κ1) is 18.8. The molecule has 0 saturated heterocycles. The summed E-state index contributed by atoms with van der Waals surface area (Å²) in [6.07, 6.45) is 9.85. The van der Waals surface area contributed by atoms with Crippen molar-refractivity contribution >= 4 is 0 Å². The van der Waals surface area contributed by atoms with Crippen LogP contribution in [-0.2, 0) is 32.2 Å². The number of aromatic nitrogens is 1. The molecule has 24 heavy (non-hydrogen) atoms. The lowest BCUT2D eigenvalue weighted by Crippen LogP contribution is -2.09. The van der Waals surface area contributed by atoms with E-state index in [1.54, 1.807) is 22.5 Å². The van der Waals surface area contributed by atoms with Crippen molar-refractivity contribution < 1.29 is 0 Å². The fourth-order valence-corrected chi connectivity index (χ4v) is 3.93. The number of hydrogen-bond acceptors (Lipinski definition) is 0. The van der Waals surface area contributed by atoms with Gasteiger partial charge < -0.3 is 4.57 Å². The van der Waals surface area contributed by atoms with Crippen molar-refractivity contribution in [2.24, 2.45) is 0 Å². The molecular formula is C23H35N. The first-order valence-electron chi connectivity index (χ1n) is 10.0. The molecule has 0 spiro atoms. The van der Waals surface area contributed by atoms with E-state index in [1.807, 2.05) is 0 Å². The number of benzene rings is 1. The molecule has 1 nitrogen and oxygen atoms in total. The monoisotopic (exact) mass is 325 g/mol. The summed E-state index contributed by atoms with van der Waals surface area (Å²) in [6, 6.07) is 11.0. The van der Waals surface area contributed by atoms with E-state index in [-0.39, 0.29) is 0 Å². The Morgan fingerprint density at radius 3 is 1.50 bits per heavy atom. The van der Waals surface area contributed by atoms with E-state index >= 15 is 0 Å². The van der Waals surface area contributed by atoms with Crippen LogP contribution >= 0.6 is 0 Å². The van der Waals surface area contributed by atoms with Crippen LogP contribution < -0.4 is 0 Å². The van der Waals surface area contributed by atoms with E-state index in [1.165, 1.54) is 56.9 Å². The minimum absolute atomic E-state index is 1.03. The maximum Gasteiger partial charge on any atom is 0.0475 e. The molecule has 0 atom stereocenters. The Bertz CT molecular complexity index is 573. The number of hydrogen-bond donors (Lipinski definition) is 0. The van der Waals surface area contributed by atoms with E-state index in [2.05, 4.69) is 62.6 Å². The fraction of sp³-hybridized carbons (Fsp3) is 0.565. The second-order valence-electron chi connectivity index (χ2n) is 6.92. The van der Waals surface area contributed by atoms with Crippen LogP contribution in [0.5, 0.6) is 0 Å². The highest BCUT2D eigenvalue weighted by Crippen LogP contribution is 2.29. The van der Waals surface area contributed by atoms with Crippen LogP contribution in [0, 0.1) is 0 Å². The molecule has 1 aromatic carbocycles. The van der Waals surface area contributed by atoms with Crippen LogP contribution in [0.25, 0.3) is 0 Å². The fourth-order valence-electron chi connectivity index (χ4n) is 3.93. The molecule has 0 fully saturated rings. The Labute approximate surface area is 149 Å². The molecule has 2 aromatic rings.